The minimum Gasteiger partial charge on any atom is -0.322 e. The van der Waals surface area contributed by atoms with Crippen LogP contribution < -0.4 is 5.32 Å². The summed E-state index contributed by atoms with van der Waals surface area (Å²) in [7, 11) is -3.61. The Morgan fingerprint density at radius 3 is 2.52 bits per heavy atom. The number of rotatable bonds is 4. The van der Waals surface area contributed by atoms with E-state index in [2.05, 4.69) is 10.3 Å². The molecular formula is C23H24FN3O3S. The van der Waals surface area contributed by atoms with E-state index < -0.39 is 15.9 Å². The molecule has 3 aromatic rings. The van der Waals surface area contributed by atoms with Gasteiger partial charge in [-0.25, -0.2) is 12.8 Å². The lowest BCUT2D eigenvalue weighted by molar-refractivity contribution is 0.102. The van der Waals surface area contributed by atoms with E-state index >= 15 is 0 Å². The fraction of sp³-hybridized carbons (Fsp3) is 0.304. The molecule has 1 aliphatic rings. The van der Waals surface area contributed by atoms with Gasteiger partial charge in [0.1, 0.15) is 5.82 Å². The second kappa shape index (κ2) is 8.36. The number of nitrogens with zero attached hydrogens (tertiary/aromatic N) is 2. The number of carbonyl (C=O) groups is 1. The summed E-state index contributed by atoms with van der Waals surface area (Å²) in [6, 6.07) is 10.7. The van der Waals surface area contributed by atoms with Gasteiger partial charge in [0.05, 0.1) is 21.7 Å². The Kier molecular flexibility index (Phi) is 5.77. The summed E-state index contributed by atoms with van der Waals surface area (Å²) < 4.78 is 41.0. The molecule has 0 atom stereocenters. The number of hydrogen-bond acceptors (Lipinski definition) is 4. The number of piperidine rings is 1. The van der Waals surface area contributed by atoms with E-state index in [0.717, 1.165) is 24.8 Å². The third kappa shape index (κ3) is 4.31. The van der Waals surface area contributed by atoms with Gasteiger partial charge < -0.3 is 5.32 Å². The maximum Gasteiger partial charge on any atom is 0.257 e. The fourth-order valence-electron chi connectivity index (χ4n) is 3.81. The van der Waals surface area contributed by atoms with E-state index in [1.165, 1.54) is 22.5 Å². The van der Waals surface area contributed by atoms with Gasteiger partial charge in [-0.2, -0.15) is 4.31 Å². The van der Waals surface area contributed by atoms with E-state index in [9.17, 15) is 17.6 Å². The van der Waals surface area contributed by atoms with Gasteiger partial charge in [-0.3, -0.25) is 9.78 Å². The summed E-state index contributed by atoms with van der Waals surface area (Å²) in [5.74, 6) is -0.786. The highest BCUT2D eigenvalue weighted by atomic mass is 32.2. The molecule has 4 rings (SSSR count). The molecule has 0 aliphatic carbocycles. The monoisotopic (exact) mass is 441 g/mol. The first kappa shape index (κ1) is 21.4. The summed E-state index contributed by atoms with van der Waals surface area (Å²) in [6.07, 6.45) is 2.74. The van der Waals surface area contributed by atoms with Gasteiger partial charge in [-0.1, -0.05) is 12.5 Å². The summed E-state index contributed by atoms with van der Waals surface area (Å²) in [4.78, 5) is 17.5. The first-order valence-corrected chi connectivity index (χ1v) is 11.7. The van der Waals surface area contributed by atoms with Crippen molar-refractivity contribution >= 4 is 32.5 Å². The number of benzene rings is 2. The lowest BCUT2D eigenvalue weighted by atomic mass is 10.1. The van der Waals surface area contributed by atoms with Crippen LogP contribution in [0.25, 0.3) is 10.9 Å². The van der Waals surface area contributed by atoms with Gasteiger partial charge in [0.15, 0.2) is 0 Å². The number of sulfonamides is 1. The standard InChI is InChI=1S/C23H24FN3O3S/c1-15-6-9-19(31(29,30)27-10-4-3-5-11-27)14-21(15)26-23(28)20-12-17-7-8-18(24)13-22(17)25-16(20)2/h6-9,12-14H,3-5,10-11H2,1-2H3,(H,26,28). The van der Waals surface area contributed by atoms with E-state index in [-0.39, 0.29) is 10.7 Å². The van der Waals surface area contributed by atoms with Crippen LogP contribution in [0.1, 0.15) is 40.9 Å². The normalized spacial score (nSPS) is 15.2. The number of nitrogens with one attached hydrogen (secondary N) is 1. The number of halogens is 1. The van der Waals surface area contributed by atoms with Crippen molar-refractivity contribution in [1.29, 1.82) is 0 Å². The number of hydrogen-bond donors (Lipinski definition) is 1. The zero-order valence-electron chi connectivity index (χ0n) is 17.5. The first-order valence-electron chi connectivity index (χ1n) is 10.2. The third-order valence-electron chi connectivity index (χ3n) is 5.62. The van der Waals surface area contributed by atoms with Crippen molar-refractivity contribution in [2.45, 2.75) is 38.0 Å². The molecule has 1 aromatic heterocycles. The van der Waals surface area contributed by atoms with E-state index in [1.54, 1.807) is 38.1 Å². The largest absolute Gasteiger partial charge is 0.322 e. The second-order valence-electron chi connectivity index (χ2n) is 7.85. The fourth-order valence-corrected chi connectivity index (χ4v) is 5.35. The summed E-state index contributed by atoms with van der Waals surface area (Å²) in [5, 5.41) is 3.47. The minimum atomic E-state index is -3.61. The highest BCUT2D eigenvalue weighted by Gasteiger charge is 2.26. The Labute approximate surface area is 181 Å². The lowest BCUT2D eigenvalue weighted by Gasteiger charge is -2.26. The molecule has 8 heteroatoms. The molecule has 0 bridgehead atoms. The average Bonchev–Trinajstić information content (AvgIpc) is 2.75. The second-order valence-corrected chi connectivity index (χ2v) is 9.79. The molecule has 2 aromatic carbocycles. The van der Waals surface area contributed by atoms with Crippen molar-refractivity contribution < 1.29 is 17.6 Å². The Morgan fingerprint density at radius 2 is 1.77 bits per heavy atom. The molecule has 1 aliphatic heterocycles. The number of anilines is 1. The van der Waals surface area contributed by atoms with Crippen LogP contribution in [-0.4, -0.2) is 36.7 Å². The molecule has 1 amide bonds. The highest BCUT2D eigenvalue weighted by Crippen LogP contribution is 2.26. The molecular weight excluding hydrogens is 417 g/mol. The topological polar surface area (TPSA) is 79.4 Å². The van der Waals surface area contributed by atoms with Crippen molar-refractivity contribution in [3.05, 3.63) is 65.1 Å². The summed E-state index contributed by atoms with van der Waals surface area (Å²) in [6.45, 7) is 4.52. The maximum absolute atomic E-state index is 13.5. The minimum absolute atomic E-state index is 0.166. The molecule has 2 heterocycles. The predicted octanol–water partition coefficient (Wildman–Crippen LogP) is 4.42. The van der Waals surface area contributed by atoms with Gasteiger partial charge >= 0.3 is 0 Å². The van der Waals surface area contributed by atoms with Crippen molar-refractivity contribution in [3.63, 3.8) is 0 Å². The van der Waals surface area contributed by atoms with Crippen LogP contribution in [0.5, 0.6) is 0 Å². The van der Waals surface area contributed by atoms with Crippen LogP contribution in [0, 0.1) is 19.7 Å². The Balaban J connectivity index is 1.64. The Morgan fingerprint density at radius 1 is 1.03 bits per heavy atom. The van der Waals surface area contributed by atoms with E-state index in [0.29, 0.717) is 40.9 Å². The van der Waals surface area contributed by atoms with Gasteiger partial charge in [0.25, 0.3) is 5.91 Å². The van der Waals surface area contributed by atoms with E-state index in [1.807, 2.05) is 0 Å². The zero-order chi connectivity index (χ0) is 22.2. The van der Waals surface area contributed by atoms with Crippen LogP contribution in [0.4, 0.5) is 10.1 Å². The maximum atomic E-state index is 13.5. The number of aromatic nitrogens is 1. The number of fused-ring (bicyclic) bond motifs is 1. The molecule has 6 nitrogen and oxygen atoms in total. The predicted molar refractivity (Wildman–Crippen MR) is 118 cm³/mol. The average molecular weight is 442 g/mol. The molecule has 1 fully saturated rings. The summed E-state index contributed by atoms with van der Waals surface area (Å²) >= 11 is 0. The van der Waals surface area contributed by atoms with Crippen molar-refractivity contribution in [3.8, 4) is 0 Å². The molecule has 162 valence electrons. The molecule has 0 unspecified atom stereocenters. The van der Waals surface area contributed by atoms with Gasteiger partial charge in [0, 0.05) is 30.2 Å². The van der Waals surface area contributed by atoms with Crippen LogP contribution >= 0.6 is 0 Å². The van der Waals surface area contributed by atoms with Crippen LogP contribution in [0.15, 0.2) is 47.4 Å². The van der Waals surface area contributed by atoms with Crippen molar-refractivity contribution in [1.82, 2.24) is 9.29 Å². The molecule has 0 spiro atoms. The number of amides is 1. The first-order chi connectivity index (χ1) is 14.8. The van der Waals surface area contributed by atoms with E-state index in [4.69, 9.17) is 0 Å². The highest BCUT2D eigenvalue weighted by molar-refractivity contribution is 7.89. The van der Waals surface area contributed by atoms with Crippen LogP contribution in [-0.2, 0) is 10.0 Å². The Bertz CT molecular complexity index is 1270. The molecule has 31 heavy (non-hydrogen) atoms. The zero-order valence-corrected chi connectivity index (χ0v) is 18.3. The van der Waals surface area contributed by atoms with Gasteiger partial charge in [-0.05, 0) is 62.6 Å². The van der Waals surface area contributed by atoms with Crippen molar-refractivity contribution in [2.75, 3.05) is 18.4 Å². The SMILES string of the molecule is Cc1ccc(S(=O)(=O)N2CCCCC2)cc1NC(=O)c1cc2ccc(F)cc2nc1C. The number of carbonyl (C=O) groups excluding carboxylic acids is 1. The van der Waals surface area contributed by atoms with Crippen LogP contribution in [0.2, 0.25) is 0 Å². The molecule has 0 radical (unpaired) electrons. The smallest absolute Gasteiger partial charge is 0.257 e. The summed E-state index contributed by atoms with van der Waals surface area (Å²) in [5.41, 5.74) is 2.47. The van der Waals surface area contributed by atoms with Gasteiger partial charge in [0.2, 0.25) is 10.0 Å². The number of pyridine rings is 1. The molecule has 1 N–H and O–H groups in total. The Hall–Kier alpha value is -2.84. The molecule has 0 saturated carbocycles. The third-order valence-corrected chi connectivity index (χ3v) is 7.52. The van der Waals surface area contributed by atoms with Crippen molar-refractivity contribution in [2.24, 2.45) is 0 Å². The molecule has 1 saturated heterocycles. The number of aryl methyl sites for hydroxylation is 2. The van der Waals surface area contributed by atoms with Crippen LogP contribution in [0.3, 0.4) is 0 Å². The lowest BCUT2D eigenvalue weighted by Crippen LogP contribution is -2.35. The van der Waals surface area contributed by atoms with Gasteiger partial charge in [-0.15, -0.1) is 0 Å². The quantitative estimate of drug-likeness (QED) is 0.650.